The van der Waals surface area contributed by atoms with Crippen molar-refractivity contribution in [3.05, 3.63) is 71.3 Å². The number of sulfonamides is 1. The molecule has 2 aromatic heterocycles. The highest BCUT2D eigenvalue weighted by Gasteiger charge is 2.28. The molecule has 1 fully saturated rings. The molecule has 0 bridgehead atoms. The number of anilines is 2. The van der Waals surface area contributed by atoms with Gasteiger partial charge in [-0.3, -0.25) is 14.3 Å². The molecule has 1 N–H and O–H groups in total. The number of benzene rings is 2. The van der Waals surface area contributed by atoms with Crippen LogP contribution < -0.4 is 9.62 Å². The van der Waals surface area contributed by atoms with Gasteiger partial charge in [0, 0.05) is 48.5 Å². The fourth-order valence-electron chi connectivity index (χ4n) is 3.95. The standard InChI is InChI=1S/C23H20ClN5O4S2.H2/c24-17-2-1-16-7-9-27(20(16)13-17)14-21(30)28-10-11-29(22(31)15-28)18-3-5-19(6-4-18)35(32,33)26-23-25-8-12-34-23;/h1-9,12-13H,10-11,14-15H2,(H,25,26);1H. The maximum absolute atomic E-state index is 12.9. The molecule has 35 heavy (non-hydrogen) atoms. The molecular formula is C23H22ClN5O4S2. The molecule has 9 nitrogen and oxygen atoms in total. The number of amides is 2. The second-order valence-electron chi connectivity index (χ2n) is 7.94. The van der Waals surface area contributed by atoms with Gasteiger partial charge in [0.1, 0.15) is 13.1 Å². The molecule has 0 atom stereocenters. The summed E-state index contributed by atoms with van der Waals surface area (Å²) in [6.45, 7) is 0.739. The van der Waals surface area contributed by atoms with E-state index in [1.807, 2.05) is 29.0 Å². The van der Waals surface area contributed by atoms with Crippen LogP contribution in [0.5, 0.6) is 0 Å². The number of halogens is 1. The van der Waals surface area contributed by atoms with Crippen molar-refractivity contribution in [2.24, 2.45) is 0 Å². The second-order valence-corrected chi connectivity index (χ2v) is 11.0. The minimum atomic E-state index is -3.78. The van der Waals surface area contributed by atoms with Crippen LogP contribution in [0.1, 0.15) is 1.43 Å². The van der Waals surface area contributed by atoms with E-state index in [0.29, 0.717) is 23.8 Å². The maximum atomic E-state index is 12.9. The Morgan fingerprint density at radius 3 is 2.66 bits per heavy atom. The van der Waals surface area contributed by atoms with Crippen LogP contribution in [0.4, 0.5) is 10.8 Å². The van der Waals surface area contributed by atoms with E-state index in [1.54, 1.807) is 28.5 Å². The van der Waals surface area contributed by atoms with Crippen LogP contribution >= 0.6 is 22.9 Å². The van der Waals surface area contributed by atoms with Gasteiger partial charge in [0.05, 0.1) is 4.90 Å². The third-order valence-corrected chi connectivity index (χ3v) is 8.14. The van der Waals surface area contributed by atoms with E-state index < -0.39 is 10.0 Å². The van der Waals surface area contributed by atoms with E-state index in [0.717, 1.165) is 10.9 Å². The zero-order chi connectivity index (χ0) is 24.6. The van der Waals surface area contributed by atoms with E-state index >= 15 is 0 Å². The lowest BCUT2D eigenvalue weighted by Crippen LogP contribution is -2.53. The van der Waals surface area contributed by atoms with Gasteiger partial charge in [0.25, 0.3) is 10.0 Å². The summed E-state index contributed by atoms with van der Waals surface area (Å²) in [5, 5.41) is 3.52. The smallest absolute Gasteiger partial charge is 0.263 e. The average Bonchev–Trinajstić information content (AvgIpc) is 3.48. The highest BCUT2D eigenvalue weighted by Crippen LogP contribution is 2.24. The van der Waals surface area contributed by atoms with Crippen LogP contribution in [0, 0.1) is 0 Å². The van der Waals surface area contributed by atoms with Crippen molar-refractivity contribution in [2.75, 3.05) is 29.3 Å². The lowest BCUT2D eigenvalue weighted by atomic mass is 10.2. The number of fused-ring (bicyclic) bond motifs is 1. The van der Waals surface area contributed by atoms with Gasteiger partial charge in [-0.05, 0) is 47.9 Å². The molecule has 5 rings (SSSR count). The molecule has 1 aliphatic rings. The topological polar surface area (TPSA) is 105 Å². The minimum absolute atomic E-state index is 0. The number of aromatic nitrogens is 2. The van der Waals surface area contributed by atoms with Crippen molar-refractivity contribution < 1.29 is 19.4 Å². The monoisotopic (exact) mass is 531 g/mol. The Hall–Kier alpha value is -3.41. The molecule has 0 spiro atoms. The first kappa shape index (κ1) is 23.3. The molecule has 0 aliphatic carbocycles. The van der Waals surface area contributed by atoms with Crippen molar-refractivity contribution in [3.63, 3.8) is 0 Å². The largest absolute Gasteiger partial charge is 0.338 e. The van der Waals surface area contributed by atoms with Gasteiger partial charge in [-0.2, -0.15) is 0 Å². The minimum Gasteiger partial charge on any atom is -0.338 e. The normalized spacial score (nSPS) is 14.5. The second kappa shape index (κ2) is 9.33. The number of hydrogen-bond donors (Lipinski definition) is 1. The summed E-state index contributed by atoms with van der Waals surface area (Å²) >= 11 is 7.28. The molecule has 3 heterocycles. The summed E-state index contributed by atoms with van der Waals surface area (Å²) < 4.78 is 29.3. The van der Waals surface area contributed by atoms with E-state index in [2.05, 4.69) is 9.71 Å². The van der Waals surface area contributed by atoms with Crippen molar-refractivity contribution >= 4 is 66.5 Å². The molecule has 4 aromatic rings. The zero-order valence-electron chi connectivity index (χ0n) is 18.3. The molecule has 182 valence electrons. The SMILES string of the molecule is O=C(Cn1ccc2ccc(Cl)cc21)N1CCN(c2ccc(S(=O)(=O)Nc3nccs3)cc2)C(=O)C1.[HH]. The predicted octanol–water partition coefficient (Wildman–Crippen LogP) is 3.67. The molecule has 0 unspecified atom stereocenters. The Bertz CT molecular complexity index is 1510. The van der Waals surface area contributed by atoms with E-state index in [-0.39, 0.29) is 36.4 Å². The van der Waals surface area contributed by atoms with Crippen LogP contribution in [-0.4, -0.2) is 54.3 Å². The number of carbonyl (C=O) groups is 2. The number of thiazole rings is 1. The van der Waals surface area contributed by atoms with Crippen LogP contribution in [0.2, 0.25) is 5.02 Å². The fraction of sp³-hybridized carbons (Fsp3) is 0.174. The third kappa shape index (κ3) is 4.88. The summed E-state index contributed by atoms with van der Waals surface area (Å²) in [6, 6.07) is 13.5. The summed E-state index contributed by atoms with van der Waals surface area (Å²) in [6.07, 6.45) is 3.34. The summed E-state index contributed by atoms with van der Waals surface area (Å²) in [7, 11) is -3.78. The average molecular weight is 532 g/mol. The van der Waals surface area contributed by atoms with Crippen LogP contribution in [-0.2, 0) is 26.2 Å². The molecule has 12 heteroatoms. The van der Waals surface area contributed by atoms with Gasteiger partial charge < -0.3 is 14.4 Å². The Labute approximate surface area is 212 Å². The first-order chi connectivity index (χ1) is 16.8. The summed E-state index contributed by atoms with van der Waals surface area (Å²) in [4.78, 5) is 32.8. The predicted molar refractivity (Wildman–Crippen MR) is 137 cm³/mol. The van der Waals surface area contributed by atoms with Gasteiger partial charge in [0.15, 0.2) is 5.13 Å². The molecular weight excluding hydrogens is 510 g/mol. The maximum Gasteiger partial charge on any atom is 0.263 e. The van der Waals surface area contributed by atoms with Crippen LogP contribution in [0.3, 0.4) is 0 Å². The molecule has 1 saturated heterocycles. The third-order valence-electron chi connectivity index (χ3n) is 5.73. The van der Waals surface area contributed by atoms with Crippen molar-refractivity contribution in [1.29, 1.82) is 0 Å². The Morgan fingerprint density at radius 2 is 1.94 bits per heavy atom. The number of piperazine rings is 1. The van der Waals surface area contributed by atoms with Gasteiger partial charge in [-0.25, -0.2) is 13.4 Å². The van der Waals surface area contributed by atoms with E-state index in [1.165, 1.54) is 34.6 Å². The van der Waals surface area contributed by atoms with Crippen molar-refractivity contribution in [1.82, 2.24) is 14.5 Å². The van der Waals surface area contributed by atoms with Gasteiger partial charge >= 0.3 is 0 Å². The van der Waals surface area contributed by atoms with Crippen LogP contribution in [0.15, 0.2) is 71.2 Å². The highest BCUT2D eigenvalue weighted by molar-refractivity contribution is 7.93. The van der Waals surface area contributed by atoms with E-state index in [4.69, 9.17) is 11.6 Å². The zero-order valence-corrected chi connectivity index (χ0v) is 20.7. The Morgan fingerprint density at radius 1 is 1.14 bits per heavy atom. The lowest BCUT2D eigenvalue weighted by Gasteiger charge is -2.34. The molecule has 0 saturated carbocycles. The van der Waals surface area contributed by atoms with Crippen molar-refractivity contribution in [3.8, 4) is 0 Å². The number of rotatable bonds is 6. The highest BCUT2D eigenvalue weighted by atomic mass is 35.5. The number of nitrogens with one attached hydrogen (secondary N) is 1. The number of hydrogen-bond acceptors (Lipinski definition) is 6. The quantitative estimate of drug-likeness (QED) is 0.409. The molecule has 1 aliphatic heterocycles. The molecule has 2 aromatic carbocycles. The van der Waals surface area contributed by atoms with Gasteiger partial charge in [-0.1, -0.05) is 17.7 Å². The molecule has 2 amide bonds. The molecule has 0 radical (unpaired) electrons. The van der Waals surface area contributed by atoms with Gasteiger partial charge in [-0.15, -0.1) is 11.3 Å². The summed E-state index contributed by atoms with van der Waals surface area (Å²) in [5.41, 5.74) is 1.43. The Balaban J connectivity index is 0.00000304. The fourth-order valence-corrected chi connectivity index (χ4v) is 5.91. The van der Waals surface area contributed by atoms with Crippen molar-refractivity contribution in [2.45, 2.75) is 11.4 Å². The lowest BCUT2D eigenvalue weighted by molar-refractivity contribution is -0.137. The number of nitrogens with zero attached hydrogens (tertiary/aromatic N) is 4. The van der Waals surface area contributed by atoms with Gasteiger partial charge in [0.2, 0.25) is 11.8 Å². The first-order valence-corrected chi connectivity index (χ1v) is 13.4. The number of carbonyl (C=O) groups excluding carboxylic acids is 2. The Kier molecular flexibility index (Phi) is 6.22. The first-order valence-electron chi connectivity index (χ1n) is 10.6. The van der Waals surface area contributed by atoms with Crippen LogP contribution in [0.25, 0.3) is 10.9 Å². The van der Waals surface area contributed by atoms with E-state index in [9.17, 15) is 18.0 Å². The summed E-state index contributed by atoms with van der Waals surface area (Å²) in [5.74, 6) is -0.397.